The van der Waals surface area contributed by atoms with E-state index in [1.807, 2.05) is 18.2 Å². The van der Waals surface area contributed by atoms with E-state index in [2.05, 4.69) is 10.3 Å². The molecule has 2 rings (SSSR count). The Labute approximate surface area is 81.4 Å². The van der Waals surface area contributed by atoms with Crippen molar-refractivity contribution in [1.82, 2.24) is 10.3 Å². The van der Waals surface area contributed by atoms with Crippen LogP contribution in [0.1, 0.15) is 18.5 Å². The Morgan fingerprint density at radius 3 is 2.79 bits per heavy atom. The second-order valence-corrected chi connectivity index (χ2v) is 3.66. The first-order chi connectivity index (χ1) is 6.66. The average molecular weight is 198 g/mol. The van der Waals surface area contributed by atoms with Crippen molar-refractivity contribution in [3.63, 3.8) is 0 Å². The number of nitrogens with zero attached hydrogens (tertiary/aromatic N) is 1. The molecule has 0 spiro atoms. The highest BCUT2D eigenvalue weighted by Gasteiger charge is 2.44. The van der Waals surface area contributed by atoms with Crippen LogP contribution in [0.5, 0.6) is 0 Å². The standard InChI is InChI=1S/C10H12F2N2/c11-10(12)5-9(6-10)14-7-8-3-1-2-4-13-8/h1-4,9,14H,5-7H2. The van der Waals surface area contributed by atoms with Crippen LogP contribution < -0.4 is 5.32 Å². The quantitative estimate of drug-likeness (QED) is 0.803. The SMILES string of the molecule is FC1(F)CC(NCc2ccccn2)C1. The topological polar surface area (TPSA) is 24.9 Å². The van der Waals surface area contributed by atoms with Gasteiger partial charge < -0.3 is 5.32 Å². The highest BCUT2D eigenvalue weighted by Crippen LogP contribution is 2.37. The van der Waals surface area contributed by atoms with Crippen molar-refractivity contribution in [1.29, 1.82) is 0 Å². The maximum Gasteiger partial charge on any atom is 0.251 e. The van der Waals surface area contributed by atoms with Gasteiger partial charge in [0.25, 0.3) is 5.92 Å². The number of alkyl halides is 2. The lowest BCUT2D eigenvalue weighted by atomic mass is 9.88. The molecule has 1 saturated carbocycles. The number of rotatable bonds is 3. The van der Waals surface area contributed by atoms with E-state index < -0.39 is 5.92 Å². The number of hydrogen-bond acceptors (Lipinski definition) is 2. The first-order valence-corrected chi connectivity index (χ1v) is 4.67. The fourth-order valence-corrected chi connectivity index (χ4v) is 1.56. The van der Waals surface area contributed by atoms with Gasteiger partial charge in [-0.15, -0.1) is 0 Å². The highest BCUT2D eigenvalue weighted by atomic mass is 19.3. The molecule has 1 aliphatic carbocycles. The molecule has 0 bridgehead atoms. The van der Waals surface area contributed by atoms with Crippen LogP contribution in [-0.2, 0) is 6.54 Å². The van der Waals surface area contributed by atoms with Crippen molar-refractivity contribution in [3.05, 3.63) is 30.1 Å². The molecular weight excluding hydrogens is 186 g/mol. The molecule has 14 heavy (non-hydrogen) atoms. The Bertz CT molecular complexity index is 292. The molecule has 0 saturated heterocycles. The van der Waals surface area contributed by atoms with Crippen molar-refractivity contribution < 1.29 is 8.78 Å². The third-order valence-corrected chi connectivity index (χ3v) is 2.39. The van der Waals surface area contributed by atoms with Crippen molar-refractivity contribution in [3.8, 4) is 0 Å². The van der Waals surface area contributed by atoms with Crippen LogP contribution in [0, 0.1) is 0 Å². The molecule has 1 heterocycles. The average Bonchev–Trinajstić information content (AvgIpc) is 2.13. The highest BCUT2D eigenvalue weighted by molar-refractivity contribution is 5.04. The summed E-state index contributed by atoms with van der Waals surface area (Å²) < 4.78 is 24.9. The molecule has 0 amide bonds. The van der Waals surface area contributed by atoms with Gasteiger partial charge in [0.1, 0.15) is 0 Å². The fourth-order valence-electron chi connectivity index (χ4n) is 1.56. The summed E-state index contributed by atoms with van der Waals surface area (Å²) >= 11 is 0. The Morgan fingerprint density at radius 2 is 2.21 bits per heavy atom. The lowest BCUT2D eigenvalue weighted by molar-refractivity contribution is -0.0930. The third-order valence-electron chi connectivity index (χ3n) is 2.39. The summed E-state index contributed by atoms with van der Waals surface area (Å²) in [5.41, 5.74) is 0.891. The molecule has 4 heteroatoms. The van der Waals surface area contributed by atoms with Gasteiger partial charge in [0.05, 0.1) is 5.69 Å². The van der Waals surface area contributed by atoms with Gasteiger partial charge in [-0.3, -0.25) is 4.98 Å². The molecule has 1 aliphatic rings. The normalized spacial score (nSPS) is 20.4. The number of halogens is 2. The van der Waals surface area contributed by atoms with Gasteiger partial charge in [0.2, 0.25) is 0 Å². The number of aromatic nitrogens is 1. The zero-order valence-electron chi connectivity index (χ0n) is 7.71. The Balaban J connectivity index is 1.75. The Morgan fingerprint density at radius 1 is 1.43 bits per heavy atom. The second kappa shape index (κ2) is 3.61. The number of hydrogen-bond donors (Lipinski definition) is 1. The van der Waals surface area contributed by atoms with Crippen LogP contribution in [0.25, 0.3) is 0 Å². The zero-order valence-corrected chi connectivity index (χ0v) is 7.71. The molecule has 1 N–H and O–H groups in total. The van der Waals surface area contributed by atoms with E-state index in [0.717, 1.165) is 5.69 Å². The van der Waals surface area contributed by atoms with Crippen LogP contribution in [-0.4, -0.2) is 16.9 Å². The maximum absolute atomic E-state index is 12.5. The Kier molecular flexibility index (Phi) is 2.46. The maximum atomic E-state index is 12.5. The summed E-state index contributed by atoms with van der Waals surface area (Å²) in [6, 6.07) is 5.55. The molecule has 0 aromatic carbocycles. The molecule has 0 radical (unpaired) electrons. The number of nitrogens with one attached hydrogen (secondary N) is 1. The fraction of sp³-hybridized carbons (Fsp3) is 0.500. The molecule has 1 aromatic rings. The summed E-state index contributed by atoms with van der Waals surface area (Å²) in [6.45, 7) is 0.571. The molecule has 0 atom stereocenters. The second-order valence-electron chi connectivity index (χ2n) is 3.66. The van der Waals surface area contributed by atoms with Crippen LogP contribution in [0.2, 0.25) is 0 Å². The minimum Gasteiger partial charge on any atom is -0.308 e. The van der Waals surface area contributed by atoms with E-state index in [1.54, 1.807) is 6.20 Å². The lowest BCUT2D eigenvalue weighted by Gasteiger charge is -2.35. The molecule has 1 aromatic heterocycles. The molecule has 0 unspecified atom stereocenters. The smallest absolute Gasteiger partial charge is 0.251 e. The first-order valence-electron chi connectivity index (χ1n) is 4.67. The predicted molar refractivity (Wildman–Crippen MR) is 49.0 cm³/mol. The minimum absolute atomic E-state index is 0.0418. The Hall–Kier alpha value is -1.03. The summed E-state index contributed by atoms with van der Waals surface area (Å²) in [7, 11) is 0. The van der Waals surface area contributed by atoms with Gasteiger partial charge in [-0.05, 0) is 12.1 Å². The molecule has 0 aliphatic heterocycles. The van der Waals surface area contributed by atoms with E-state index in [-0.39, 0.29) is 18.9 Å². The van der Waals surface area contributed by atoms with E-state index in [4.69, 9.17) is 0 Å². The van der Waals surface area contributed by atoms with E-state index in [0.29, 0.717) is 6.54 Å². The van der Waals surface area contributed by atoms with E-state index in [9.17, 15) is 8.78 Å². The van der Waals surface area contributed by atoms with Gasteiger partial charge in [-0.2, -0.15) is 0 Å². The monoisotopic (exact) mass is 198 g/mol. The molecular formula is C10H12F2N2. The largest absolute Gasteiger partial charge is 0.308 e. The van der Waals surface area contributed by atoms with E-state index >= 15 is 0 Å². The van der Waals surface area contributed by atoms with Gasteiger partial charge in [0, 0.05) is 31.6 Å². The summed E-state index contributed by atoms with van der Waals surface area (Å²) in [5, 5.41) is 3.05. The van der Waals surface area contributed by atoms with Gasteiger partial charge in [-0.25, -0.2) is 8.78 Å². The van der Waals surface area contributed by atoms with Gasteiger partial charge in [0.15, 0.2) is 0 Å². The first kappa shape index (κ1) is 9.52. The van der Waals surface area contributed by atoms with Crippen molar-refractivity contribution in [2.45, 2.75) is 31.4 Å². The van der Waals surface area contributed by atoms with Crippen LogP contribution in [0.15, 0.2) is 24.4 Å². The van der Waals surface area contributed by atoms with Crippen molar-refractivity contribution >= 4 is 0 Å². The third kappa shape index (κ3) is 2.26. The van der Waals surface area contributed by atoms with Crippen molar-refractivity contribution in [2.75, 3.05) is 0 Å². The summed E-state index contributed by atoms with van der Waals surface area (Å²) in [4.78, 5) is 4.10. The number of pyridine rings is 1. The molecule has 1 fully saturated rings. The van der Waals surface area contributed by atoms with Crippen LogP contribution in [0.3, 0.4) is 0 Å². The summed E-state index contributed by atoms with van der Waals surface area (Å²) in [6.07, 6.45) is 1.62. The minimum atomic E-state index is -2.44. The van der Waals surface area contributed by atoms with Gasteiger partial charge in [-0.1, -0.05) is 6.07 Å². The van der Waals surface area contributed by atoms with Crippen molar-refractivity contribution in [2.24, 2.45) is 0 Å². The van der Waals surface area contributed by atoms with Crippen LogP contribution in [0.4, 0.5) is 8.78 Å². The summed E-state index contributed by atoms with van der Waals surface area (Å²) in [5.74, 6) is -2.44. The molecule has 2 nitrogen and oxygen atoms in total. The van der Waals surface area contributed by atoms with E-state index in [1.165, 1.54) is 0 Å². The van der Waals surface area contributed by atoms with Gasteiger partial charge >= 0.3 is 0 Å². The van der Waals surface area contributed by atoms with Crippen LogP contribution >= 0.6 is 0 Å². The lowest BCUT2D eigenvalue weighted by Crippen LogP contribution is -2.48. The predicted octanol–water partition coefficient (Wildman–Crippen LogP) is 1.97. The zero-order chi connectivity index (χ0) is 10.0. The molecule has 76 valence electrons.